The molecular formula is C15H22FN3O. The largest absolute Gasteiger partial charge is 0.423 e. The Bertz CT molecular complexity index is 444. The van der Waals surface area contributed by atoms with E-state index in [1.54, 1.807) is 6.08 Å². The van der Waals surface area contributed by atoms with Crippen LogP contribution in [0.1, 0.15) is 44.1 Å². The van der Waals surface area contributed by atoms with Crippen molar-refractivity contribution in [2.45, 2.75) is 38.6 Å². The van der Waals surface area contributed by atoms with E-state index < -0.39 is 0 Å². The Morgan fingerprint density at radius 1 is 1.35 bits per heavy atom. The van der Waals surface area contributed by atoms with Crippen molar-refractivity contribution in [2.75, 3.05) is 11.9 Å². The van der Waals surface area contributed by atoms with Gasteiger partial charge in [0, 0.05) is 12.1 Å². The minimum absolute atomic E-state index is 0.358. The van der Waals surface area contributed by atoms with Gasteiger partial charge in [-0.05, 0) is 51.1 Å². The maximum absolute atomic E-state index is 12.3. The molecular weight excluding hydrogens is 257 g/mol. The second-order valence-electron chi connectivity index (χ2n) is 5.16. The molecule has 1 aliphatic rings. The van der Waals surface area contributed by atoms with Crippen molar-refractivity contribution >= 4 is 18.2 Å². The van der Waals surface area contributed by atoms with Crippen molar-refractivity contribution in [3.8, 4) is 0 Å². The Balaban J connectivity index is 2.01. The van der Waals surface area contributed by atoms with Crippen LogP contribution in [0, 0.1) is 5.92 Å². The zero-order valence-electron chi connectivity index (χ0n) is 11.8. The van der Waals surface area contributed by atoms with Gasteiger partial charge in [-0.25, -0.2) is 4.39 Å². The van der Waals surface area contributed by atoms with Crippen LogP contribution in [-0.4, -0.2) is 17.6 Å². The number of halogens is 1. The van der Waals surface area contributed by atoms with Crippen LogP contribution in [0.2, 0.25) is 0 Å². The van der Waals surface area contributed by atoms with Crippen LogP contribution in [0.15, 0.2) is 16.8 Å². The molecule has 0 radical (unpaired) electrons. The average Bonchev–Trinajstić information content (AvgIpc) is 2.82. The summed E-state index contributed by atoms with van der Waals surface area (Å²) in [6.07, 6.45) is 9.79. The molecule has 0 unspecified atom stereocenters. The number of allylic oxidation sites excluding steroid dienone is 1. The number of nitrogens with one attached hydrogen (secondary N) is 1. The molecule has 4 nitrogen and oxygen atoms in total. The third-order valence-corrected chi connectivity index (χ3v) is 3.73. The van der Waals surface area contributed by atoms with E-state index in [2.05, 4.69) is 10.3 Å². The van der Waals surface area contributed by atoms with E-state index in [1.165, 1.54) is 6.08 Å². The first kappa shape index (κ1) is 14.8. The summed E-state index contributed by atoms with van der Waals surface area (Å²) >= 11 is 0. The summed E-state index contributed by atoms with van der Waals surface area (Å²) in [5.74, 6) is 1.07. The van der Waals surface area contributed by atoms with Crippen LogP contribution in [0.4, 0.5) is 10.4 Å². The van der Waals surface area contributed by atoms with Gasteiger partial charge in [-0.2, -0.15) is 4.98 Å². The lowest BCUT2D eigenvalue weighted by Gasteiger charge is -2.27. The number of oxazole rings is 1. The molecule has 1 aromatic heterocycles. The molecule has 1 fully saturated rings. The van der Waals surface area contributed by atoms with Crippen LogP contribution in [0.25, 0.3) is 12.2 Å². The zero-order valence-corrected chi connectivity index (χ0v) is 11.8. The first-order valence-electron chi connectivity index (χ1n) is 7.13. The molecule has 0 spiro atoms. The Kier molecular flexibility index (Phi) is 5.35. The van der Waals surface area contributed by atoms with Crippen LogP contribution >= 0.6 is 0 Å². The monoisotopic (exact) mass is 279 g/mol. The van der Waals surface area contributed by atoms with Crippen LogP contribution in [0.3, 0.4) is 0 Å². The lowest BCUT2D eigenvalue weighted by Crippen LogP contribution is -2.29. The predicted octanol–water partition coefficient (Wildman–Crippen LogP) is 3.58. The summed E-state index contributed by atoms with van der Waals surface area (Å²) in [6.45, 7) is 2.65. The molecule has 5 heteroatoms. The number of hydrogen-bond donors (Lipinski definition) is 2. The standard InChI is InChI=1S/C15H22FN3O/c1-2-3-13-14(8-9-16)20-15(19-13)18-12-6-4-11(10-17)5-7-12/h2-3,8-9,11-12H,4-7,10,17H2,1H3,(H,18,19)/b3-2-,9-8+. The second kappa shape index (κ2) is 7.24. The van der Waals surface area contributed by atoms with E-state index in [-0.39, 0.29) is 0 Å². The van der Waals surface area contributed by atoms with Gasteiger partial charge >= 0.3 is 0 Å². The Hall–Kier alpha value is -1.62. The predicted molar refractivity (Wildman–Crippen MR) is 79.8 cm³/mol. The molecule has 20 heavy (non-hydrogen) atoms. The molecule has 0 aromatic carbocycles. The minimum atomic E-state index is 0.358. The second-order valence-corrected chi connectivity index (χ2v) is 5.16. The third kappa shape index (κ3) is 3.70. The van der Waals surface area contributed by atoms with E-state index >= 15 is 0 Å². The molecule has 0 saturated heterocycles. The summed E-state index contributed by atoms with van der Waals surface area (Å²) in [5, 5.41) is 3.29. The molecule has 0 atom stereocenters. The van der Waals surface area contributed by atoms with Crippen LogP contribution < -0.4 is 11.1 Å². The van der Waals surface area contributed by atoms with Crippen molar-refractivity contribution < 1.29 is 8.81 Å². The Morgan fingerprint density at radius 3 is 2.70 bits per heavy atom. The van der Waals surface area contributed by atoms with E-state index in [9.17, 15) is 4.39 Å². The highest BCUT2D eigenvalue weighted by atomic mass is 19.1. The van der Waals surface area contributed by atoms with Gasteiger partial charge in [0.1, 0.15) is 5.69 Å². The molecule has 1 aromatic rings. The molecule has 0 bridgehead atoms. The van der Waals surface area contributed by atoms with Crippen molar-refractivity contribution in [2.24, 2.45) is 11.7 Å². The van der Waals surface area contributed by atoms with E-state index in [1.807, 2.05) is 13.0 Å². The minimum Gasteiger partial charge on any atom is -0.423 e. The van der Waals surface area contributed by atoms with Gasteiger partial charge in [0.15, 0.2) is 5.76 Å². The van der Waals surface area contributed by atoms with Gasteiger partial charge in [0.25, 0.3) is 6.01 Å². The van der Waals surface area contributed by atoms with Crippen LogP contribution in [0.5, 0.6) is 0 Å². The lowest BCUT2D eigenvalue weighted by molar-refractivity contribution is 0.341. The molecule has 110 valence electrons. The van der Waals surface area contributed by atoms with Crippen LogP contribution in [-0.2, 0) is 0 Å². The van der Waals surface area contributed by atoms with E-state index in [4.69, 9.17) is 10.2 Å². The van der Waals surface area contributed by atoms with Gasteiger partial charge in [0.2, 0.25) is 0 Å². The molecule has 1 aliphatic carbocycles. The fraction of sp³-hybridized carbons (Fsp3) is 0.533. The van der Waals surface area contributed by atoms with E-state index in [0.29, 0.717) is 35.8 Å². The summed E-state index contributed by atoms with van der Waals surface area (Å²) in [6, 6.07) is 0.819. The summed E-state index contributed by atoms with van der Waals surface area (Å²) in [7, 11) is 0. The van der Waals surface area contributed by atoms with Gasteiger partial charge in [0.05, 0.1) is 6.33 Å². The normalized spacial score (nSPS) is 23.8. The molecule has 0 amide bonds. The molecule has 1 heterocycles. The summed E-state index contributed by atoms with van der Waals surface area (Å²) < 4.78 is 17.9. The molecule has 3 N–H and O–H groups in total. The van der Waals surface area contributed by atoms with Crippen molar-refractivity contribution in [1.82, 2.24) is 4.98 Å². The average molecular weight is 279 g/mol. The zero-order chi connectivity index (χ0) is 14.4. The third-order valence-electron chi connectivity index (χ3n) is 3.73. The number of nitrogens with two attached hydrogens (primary N) is 1. The van der Waals surface area contributed by atoms with Gasteiger partial charge in [-0.3, -0.25) is 0 Å². The van der Waals surface area contributed by atoms with Crippen molar-refractivity contribution in [1.29, 1.82) is 0 Å². The highest BCUT2D eigenvalue weighted by Crippen LogP contribution is 2.27. The molecule has 2 rings (SSSR count). The quantitative estimate of drug-likeness (QED) is 0.864. The van der Waals surface area contributed by atoms with Gasteiger partial charge in [-0.1, -0.05) is 6.08 Å². The van der Waals surface area contributed by atoms with Crippen molar-refractivity contribution in [3.05, 3.63) is 23.9 Å². The fourth-order valence-electron chi connectivity index (χ4n) is 2.58. The summed E-state index contributed by atoms with van der Waals surface area (Å²) in [5.41, 5.74) is 6.33. The number of anilines is 1. The maximum atomic E-state index is 12.3. The highest BCUT2D eigenvalue weighted by molar-refractivity contribution is 5.59. The number of hydrogen-bond acceptors (Lipinski definition) is 4. The topological polar surface area (TPSA) is 64.1 Å². The fourth-order valence-corrected chi connectivity index (χ4v) is 2.58. The number of rotatable bonds is 5. The molecule has 1 saturated carbocycles. The maximum Gasteiger partial charge on any atom is 0.295 e. The smallest absolute Gasteiger partial charge is 0.295 e. The lowest BCUT2D eigenvalue weighted by atomic mass is 9.86. The Morgan fingerprint density at radius 2 is 2.10 bits per heavy atom. The van der Waals surface area contributed by atoms with Gasteiger partial charge in [-0.15, -0.1) is 0 Å². The first-order chi connectivity index (χ1) is 9.76. The van der Waals surface area contributed by atoms with E-state index in [0.717, 1.165) is 32.2 Å². The summed E-state index contributed by atoms with van der Waals surface area (Å²) in [4.78, 5) is 4.34. The van der Waals surface area contributed by atoms with Crippen molar-refractivity contribution in [3.63, 3.8) is 0 Å². The highest BCUT2D eigenvalue weighted by Gasteiger charge is 2.21. The molecule has 0 aliphatic heterocycles. The number of aromatic nitrogens is 1. The number of nitrogens with zero attached hydrogens (tertiary/aromatic N) is 1. The van der Waals surface area contributed by atoms with Gasteiger partial charge < -0.3 is 15.5 Å². The first-order valence-corrected chi connectivity index (χ1v) is 7.13. The Labute approximate surface area is 118 Å². The SMILES string of the molecule is C/C=C\c1nc(NC2CCC(CN)CC2)oc1/C=C/F.